The number of rotatable bonds is 1. The Labute approximate surface area is 101 Å². The van der Waals surface area contributed by atoms with Gasteiger partial charge in [0.25, 0.3) is 0 Å². The van der Waals surface area contributed by atoms with Gasteiger partial charge in [0, 0.05) is 22.4 Å². The van der Waals surface area contributed by atoms with Gasteiger partial charge in [-0.2, -0.15) is 0 Å². The number of hydrogen-bond acceptors (Lipinski definition) is 5. The van der Waals surface area contributed by atoms with Gasteiger partial charge in [0.2, 0.25) is 0 Å². The minimum absolute atomic E-state index is 0.192. The van der Waals surface area contributed by atoms with Gasteiger partial charge in [0.1, 0.15) is 5.69 Å². The first-order valence-electron chi connectivity index (χ1n) is 5.19. The van der Waals surface area contributed by atoms with Gasteiger partial charge in [0.15, 0.2) is 15.8 Å². The normalized spacial score (nSPS) is 15.2. The second kappa shape index (κ2) is 3.75. The van der Waals surface area contributed by atoms with Gasteiger partial charge in [-0.15, -0.1) is 22.7 Å². The monoisotopic (exact) mass is 250 g/mol. The summed E-state index contributed by atoms with van der Waals surface area (Å²) in [6.45, 7) is 1.97. The highest BCUT2D eigenvalue weighted by Gasteiger charge is 2.23. The van der Waals surface area contributed by atoms with Crippen molar-refractivity contribution in [1.29, 1.82) is 0 Å². The summed E-state index contributed by atoms with van der Waals surface area (Å²) in [5.41, 5.74) is 1.71. The summed E-state index contributed by atoms with van der Waals surface area (Å²) >= 11 is 3.21. The van der Waals surface area contributed by atoms with Crippen molar-refractivity contribution in [1.82, 2.24) is 9.97 Å². The maximum Gasteiger partial charge on any atom is 0.182 e. The minimum atomic E-state index is 0.192. The zero-order valence-corrected chi connectivity index (χ0v) is 10.5. The van der Waals surface area contributed by atoms with E-state index in [1.54, 1.807) is 22.7 Å². The third-order valence-electron chi connectivity index (χ3n) is 2.57. The molecule has 0 aliphatic heterocycles. The van der Waals surface area contributed by atoms with Crippen LogP contribution in [0, 0.1) is 6.92 Å². The molecule has 1 aliphatic carbocycles. The summed E-state index contributed by atoms with van der Waals surface area (Å²) in [5, 5.41) is 3.85. The first kappa shape index (κ1) is 10.1. The molecule has 3 rings (SSSR count). The van der Waals surface area contributed by atoms with E-state index in [-0.39, 0.29) is 5.78 Å². The number of nitrogens with zero attached hydrogens (tertiary/aromatic N) is 2. The molecule has 0 atom stereocenters. The number of carbonyl (C=O) groups excluding carboxylic acids is 1. The molecule has 0 aromatic carbocycles. The molecule has 82 valence electrons. The van der Waals surface area contributed by atoms with Gasteiger partial charge in [0.05, 0.1) is 0 Å². The van der Waals surface area contributed by atoms with Crippen molar-refractivity contribution >= 4 is 28.5 Å². The van der Waals surface area contributed by atoms with Crippen molar-refractivity contribution in [2.45, 2.75) is 26.2 Å². The molecule has 0 fully saturated rings. The van der Waals surface area contributed by atoms with Crippen molar-refractivity contribution in [2.75, 3.05) is 0 Å². The molecule has 16 heavy (non-hydrogen) atoms. The van der Waals surface area contributed by atoms with E-state index in [0.717, 1.165) is 33.4 Å². The highest BCUT2D eigenvalue weighted by molar-refractivity contribution is 7.20. The predicted octanol–water partition coefficient (Wildman–Crippen LogP) is 3.09. The largest absolute Gasteiger partial charge is 0.292 e. The summed E-state index contributed by atoms with van der Waals surface area (Å²) in [4.78, 5) is 21.6. The molecule has 5 heteroatoms. The summed E-state index contributed by atoms with van der Waals surface area (Å²) < 4.78 is 0. The highest BCUT2D eigenvalue weighted by atomic mass is 32.1. The lowest BCUT2D eigenvalue weighted by atomic mass is 10.0. The Hall–Kier alpha value is -1.07. The van der Waals surface area contributed by atoms with Crippen LogP contribution in [0.5, 0.6) is 0 Å². The molecule has 0 saturated carbocycles. The van der Waals surface area contributed by atoms with Gasteiger partial charge in [-0.3, -0.25) is 4.79 Å². The molecule has 2 heterocycles. The van der Waals surface area contributed by atoms with Crippen LogP contribution in [0.15, 0.2) is 5.38 Å². The molecule has 0 radical (unpaired) electrons. The lowest BCUT2D eigenvalue weighted by molar-refractivity contribution is 0.0968. The number of hydrogen-bond donors (Lipinski definition) is 0. The van der Waals surface area contributed by atoms with Crippen molar-refractivity contribution in [2.24, 2.45) is 0 Å². The molecule has 3 nitrogen and oxygen atoms in total. The number of Topliss-reactive ketones (excluding diaryl/α,β-unsaturated/α-hetero) is 1. The first-order chi connectivity index (χ1) is 7.74. The lowest BCUT2D eigenvalue weighted by Crippen LogP contribution is -2.08. The topological polar surface area (TPSA) is 42.9 Å². The fourth-order valence-electron chi connectivity index (χ4n) is 1.81. The summed E-state index contributed by atoms with van der Waals surface area (Å²) in [5.74, 6) is 0.192. The Morgan fingerprint density at radius 2 is 2.12 bits per heavy atom. The van der Waals surface area contributed by atoms with E-state index in [2.05, 4.69) is 9.97 Å². The van der Waals surface area contributed by atoms with Crippen LogP contribution < -0.4 is 0 Å². The number of carbonyl (C=O) groups is 1. The predicted molar refractivity (Wildman–Crippen MR) is 65.2 cm³/mol. The highest BCUT2D eigenvalue weighted by Crippen LogP contribution is 2.33. The minimum Gasteiger partial charge on any atom is -0.292 e. The molecule has 2 aromatic heterocycles. The molecular formula is C11H10N2OS2. The van der Waals surface area contributed by atoms with Gasteiger partial charge in [-0.1, -0.05) is 0 Å². The summed E-state index contributed by atoms with van der Waals surface area (Å²) in [7, 11) is 0. The Morgan fingerprint density at radius 3 is 2.81 bits per heavy atom. The van der Waals surface area contributed by atoms with Crippen molar-refractivity contribution in [3.63, 3.8) is 0 Å². The average molecular weight is 250 g/mol. The zero-order chi connectivity index (χ0) is 11.1. The van der Waals surface area contributed by atoms with E-state index in [1.807, 2.05) is 12.3 Å². The Morgan fingerprint density at radius 1 is 1.25 bits per heavy atom. The smallest absolute Gasteiger partial charge is 0.182 e. The summed E-state index contributed by atoms with van der Waals surface area (Å²) in [6.07, 6.45) is 2.60. The maximum atomic E-state index is 11.7. The molecular weight excluding hydrogens is 240 g/mol. The molecule has 0 spiro atoms. The molecule has 0 bridgehead atoms. The third kappa shape index (κ3) is 1.60. The van der Waals surface area contributed by atoms with Gasteiger partial charge < -0.3 is 0 Å². The fourth-order valence-corrected chi connectivity index (χ4v) is 3.76. The van der Waals surface area contributed by atoms with Crippen LogP contribution >= 0.6 is 22.7 Å². The van der Waals surface area contributed by atoms with Crippen molar-refractivity contribution in [3.8, 4) is 10.0 Å². The SMILES string of the molecule is Cc1csc(-c2nc3c(s2)CCCC3=O)n1. The second-order valence-corrected chi connectivity index (χ2v) is 5.80. The van der Waals surface area contributed by atoms with E-state index in [1.165, 1.54) is 0 Å². The van der Waals surface area contributed by atoms with Crippen LogP contribution in [0.25, 0.3) is 10.0 Å². The second-order valence-electron chi connectivity index (χ2n) is 3.86. The van der Waals surface area contributed by atoms with E-state index < -0.39 is 0 Å². The number of ketones is 1. The maximum absolute atomic E-state index is 11.7. The van der Waals surface area contributed by atoms with Gasteiger partial charge in [-0.25, -0.2) is 9.97 Å². The van der Waals surface area contributed by atoms with Crippen LogP contribution in [-0.4, -0.2) is 15.8 Å². The lowest BCUT2D eigenvalue weighted by Gasteiger charge is -2.06. The Kier molecular flexibility index (Phi) is 2.37. The van der Waals surface area contributed by atoms with Gasteiger partial charge >= 0.3 is 0 Å². The quantitative estimate of drug-likeness (QED) is 0.781. The molecule has 0 amide bonds. The summed E-state index contributed by atoms with van der Waals surface area (Å²) in [6, 6.07) is 0. The number of fused-ring (bicyclic) bond motifs is 1. The molecule has 0 N–H and O–H groups in total. The van der Waals surface area contributed by atoms with E-state index in [9.17, 15) is 4.79 Å². The number of aromatic nitrogens is 2. The molecule has 0 unspecified atom stereocenters. The third-order valence-corrected chi connectivity index (χ3v) is 4.79. The van der Waals surface area contributed by atoms with E-state index in [0.29, 0.717) is 12.1 Å². The Bertz CT molecular complexity index is 556. The van der Waals surface area contributed by atoms with Crippen LogP contribution in [0.1, 0.15) is 33.9 Å². The number of aryl methyl sites for hydroxylation is 2. The standard InChI is InChI=1S/C11H10N2OS2/c1-6-5-15-10(12-6)11-13-9-7(14)3-2-4-8(9)16-11/h5H,2-4H2,1H3. The van der Waals surface area contributed by atoms with Crippen LogP contribution in [0.3, 0.4) is 0 Å². The van der Waals surface area contributed by atoms with Crippen molar-refractivity contribution in [3.05, 3.63) is 21.6 Å². The van der Waals surface area contributed by atoms with Crippen LogP contribution in [-0.2, 0) is 6.42 Å². The first-order valence-corrected chi connectivity index (χ1v) is 6.89. The molecule has 2 aromatic rings. The van der Waals surface area contributed by atoms with Crippen LogP contribution in [0.2, 0.25) is 0 Å². The molecule has 1 aliphatic rings. The number of thiazole rings is 2. The fraction of sp³-hybridized carbons (Fsp3) is 0.364. The van der Waals surface area contributed by atoms with Crippen molar-refractivity contribution < 1.29 is 4.79 Å². The molecule has 0 saturated heterocycles. The van der Waals surface area contributed by atoms with E-state index in [4.69, 9.17) is 0 Å². The Balaban J connectivity index is 2.07. The average Bonchev–Trinajstić information content (AvgIpc) is 2.84. The van der Waals surface area contributed by atoms with Gasteiger partial charge in [-0.05, 0) is 19.8 Å². The zero-order valence-electron chi connectivity index (χ0n) is 8.82. The van der Waals surface area contributed by atoms with Crippen LogP contribution in [0.4, 0.5) is 0 Å². The van der Waals surface area contributed by atoms with E-state index >= 15 is 0 Å².